The van der Waals surface area contributed by atoms with Crippen molar-refractivity contribution in [1.29, 1.82) is 0 Å². The van der Waals surface area contributed by atoms with Crippen molar-refractivity contribution in [2.75, 3.05) is 19.5 Å². The highest BCUT2D eigenvalue weighted by Crippen LogP contribution is 2.30. The van der Waals surface area contributed by atoms with E-state index in [2.05, 4.69) is 57.2 Å². The predicted molar refractivity (Wildman–Crippen MR) is 84.9 cm³/mol. The molecule has 0 spiro atoms. The first-order valence-electron chi connectivity index (χ1n) is 6.38. The van der Waals surface area contributed by atoms with Crippen molar-refractivity contribution in [3.8, 4) is 11.4 Å². The summed E-state index contributed by atoms with van der Waals surface area (Å²) in [4.78, 5) is 9.24. The van der Waals surface area contributed by atoms with Crippen LogP contribution in [0.2, 0.25) is 0 Å². The number of rotatable bonds is 4. The van der Waals surface area contributed by atoms with Crippen LogP contribution in [0, 0.1) is 13.8 Å². The van der Waals surface area contributed by atoms with Gasteiger partial charge in [-0.3, -0.25) is 0 Å². The fourth-order valence-electron chi connectivity index (χ4n) is 2.17. The van der Waals surface area contributed by atoms with Crippen molar-refractivity contribution >= 4 is 21.7 Å². The van der Waals surface area contributed by atoms with Crippen LogP contribution < -0.4 is 5.32 Å². The number of methoxy groups -OCH3 is 1. The summed E-state index contributed by atoms with van der Waals surface area (Å²) < 4.78 is 6.06. The Morgan fingerprint density at radius 3 is 2.40 bits per heavy atom. The summed E-state index contributed by atoms with van der Waals surface area (Å²) in [6, 6.07) is 6.19. The SMILES string of the molecule is CNc1nc(-c2c(C)cccc2C)nc(COC)c1Br. The number of ether oxygens (including phenoxy) is 1. The zero-order valence-electron chi connectivity index (χ0n) is 12.1. The standard InChI is InChI=1S/C15H18BrN3O/c1-9-6-5-7-10(2)12(9)14-18-11(8-20-4)13(16)15(17-3)19-14/h5-7H,8H2,1-4H3,(H,17,18,19). The molecular weight excluding hydrogens is 318 g/mol. The van der Waals surface area contributed by atoms with Gasteiger partial charge in [0.15, 0.2) is 5.82 Å². The molecule has 0 saturated carbocycles. The molecule has 1 aromatic heterocycles. The fourth-order valence-corrected chi connectivity index (χ4v) is 2.66. The molecule has 0 atom stereocenters. The quantitative estimate of drug-likeness (QED) is 0.925. The average molecular weight is 336 g/mol. The molecule has 4 nitrogen and oxygen atoms in total. The predicted octanol–water partition coefficient (Wildman–Crippen LogP) is 3.71. The molecule has 0 bridgehead atoms. The molecule has 1 heterocycles. The first-order chi connectivity index (χ1) is 9.58. The van der Waals surface area contributed by atoms with Gasteiger partial charge in [-0.25, -0.2) is 9.97 Å². The summed E-state index contributed by atoms with van der Waals surface area (Å²) in [6.45, 7) is 4.58. The smallest absolute Gasteiger partial charge is 0.162 e. The number of nitrogens with one attached hydrogen (secondary N) is 1. The van der Waals surface area contributed by atoms with Gasteiger partial charge >= 0.3 is 0 Å². The molecule has 0 saturated heterocycles. The lowest BCUT2D eigenvalue weighted by molar-refractivity contribution is 0.181. The topological polar surface area (TPSA) is 47.0 Å². The molecule has 0 radical (unpaired) electrons. The van der Waals surface area contributed by atoms with E-state index in [-0.39, 0.29) is 0 Å². The van der Waals surface area contributed by atoms with Gasteiger partial charge in [-0.1, -0.05) is 18.2 Å². The molecule has 20 heavy (non-hydrogen) atoms. The fraction of sp³-hybridized carbons (Fsp3) is 0.333. The summed E-state index contributed by atoms with van der Waals surface area (Å²) >= 11 is 3.52. The normalized spacial score (nSPS) is 10.7. The van der Waals surface area contributed by atoms with E-state index in [9.17, 15) is 0 Å². The van der Waals surface area contributed by atoms with E-state index >= 15 is 0 Å². The van der Waals surface area contributed by atoms with E-state index in [0.29, 0.717) is 6.61 Å². The second-order valence-electron chi connectivity index (χ2n) is 4.61. The number of anilines is 1. The molecule has 0 unspecified atom stereocenters. The van der Waals surface area contributed by atoms with Crippen LogP contribution in [0.3, 0.4) is 0 Å². The molecule has 0 fully saturated rings. The Morgan fingerprint density at radius 2 is 1.85 bits per heavy atom. The highest BCUT2D eigenvalue weighted by atomic mass is 79.9. The van der Waals surface area contributed by atoms with Gasteiger partial charge in [0.25, 0.3) is 0 Å². The minimum absolute atomic E-state index is 0.440. The van der Waals surface area contributed by atoms with E-state index < -0.39 is 0 Å². The van der Waals surface area contributed by atoms with Gasteiger partial charge in [-0.2, -0.15) is 0 Å². The van der Waals surface area contributed by atoms with Crippen LogP contribution in [0.15, 0.2) is 22.7 Å². The lowest BCUT2D eigenvalue weighted by atomic mass is 10.0. The minimum Gasteiger partial charge on any atom is -0.378 e. The molecule has 0 amide bonds. The number of nitrogens with zero attached hydrogens (tertiary/aromatic N) is 2. The zero-order chi connectivity index (χ0) is 14.7. The minimum atomic E-state index is 0.440. The Hall–Kier alpha value is -1.46. The van der Waals surface area contributed by atoms with Crippen molar-refractivity contribution in [3.05, 3.63) is 39.5 Å². The van der Waals surface area contributed by atoms with Crippen LogP contribution in [-0.2, 0) is 11.3 Å². The first kappa shape index (κ1) is 14.9. The summed E-state index contributed by atoms with van der Waals surface area (Å²) in [6.07, 6.45) is 0. The maximum Gasteiger partial charge on any atom is 0.162 e. The molecular formula is C15H18BrN3O. The number of benzene rings is 1. The van der Waals surface area contributed by atoms with E-state index in [4.69, 9.17) is 4.74 Å². The monoisotopic (exact) mass is 335 g/mol. The Labute approximate surface area is 127 Å². The zero-order valence-corrected chi connectivity index (χ0v) is 13.7. The summed E-state index contributed by atoms with van der Waals surface area (Å²) in [7, 11) is 3.50. The van der Waals surface area contributed by atoms with Gasteiger partial charge in [-0.15, -0.1) is 0 Å². The van der Waals surface area contributed by atoms with E-state index in [1.807, 2.05) is 13.1 Å². The molecule has 1 N–H and O–H groups in total. The maximum absolute atomic E-state index is 5.21. The van der Waals surface area contributed by atoms with Crippen LogP contribution >= 0.6 is 15.9 Å². The Balaban J connectivity index is 2.65. The van der Waals surface area contributed by atoms with Gasteiger partial charge in [0.05, 0.1) is 16.8 Å². The van der Waals surface area contributed by atoms with Gasteiger partial charge in [0.2, 0.25) is 0 Å². The third-order valence-electron chi connectivity index (χ3n) is 3.14. The summed E-state index contributed by atoms with van der Waals surface area (Å²) in [5, 5.41) is 3.09. The third kappa shape index (κ3) is 2.83. The van der Waals surface area contributed by atoms with Gasteiger partial charge in [0, 0.05) is 19.7 Å². The molecule has 0 aliphatic rings. The molecule has 2 aromatic rings. The van der Waals surface area contributed by atoms with Gasteiger partial charge < -0.3 is 10.1 Å². The number of aryl methyl sites for hydroxylation is 2. The van der Waals surface area contributed by atoms with Crippen molar-refractivity contribution in [2.45, 2.75) is 20.5 Å². The van der Waals surface area contributed by atoms with Crippen LogP contribution in [0.5, 0.6) is 0 Å². The largest absolute Gasteiger partial charge is 0.378 e. The molecule has 2 rings (SSSR count). The first-order valence-corrected chi connectivity index (χ1v) is 7.17. The lowest BCUT2D eigenvalue weighted by Crippen LogP contribution is -2.05. The summed E-state index contributed by atoms with van der Waals surface area (Å²) in [5.74, 6) is 1.49. The van der Waals surface area contributed by atoms with Crippen LogP contribution in [0.1, 0.15) is 16.8 Å². The second-order valence-corrected chi connectivity index (χ2v) is 5.40. The number of hydrogen-bond acceptors (Lipinski definition) is 4. The molecule has 0 aliphatic heterocycles. The number of aromatic nitrogens is 2. The van der Waals surface area contributed by atoms with Crippen LogP contribution in [0.25, 0.3) is 11.4 Å². The number of halogens is 1. The number of hydrogen-bond donors (Lipinski definition) is 1. The summed E-state index contributed by atoms with van der Waals surface area (Å²) in [5.41, 5.74) is 4.24. The van der Waals surface area contributed by atoms with Gasteiger partial charge in [0.1, 0.15) is 5.82 Å². The van der Waals surface area contributed by atoms with Crippen LogP contribution in [-0.4, -0.2) is 24.1 Å². The molecule has 106 valence electrons. The van der Waals surface area contributed by atoms with E-state index in [0.717, 1.165) is 38.5 Å². The van der Waals surface area contributed by atoms with Gasteiger partial charge in [-0.05, 0) is 40.9 Å². The maximum atomic E-state index is 5.21. The Kier molecular flexibility index (Phi) is 4.73. The molecule has 1 aromatic carbocycles. The van der Waals surface area contributed by atoms with E-state index in [1.54, 1.807) is 7.11 Å². The highest BCUT2D eigenvalue weighted by Gasteiger charge is 2.15. The van der Waals surface area contributed by atoms with Crippen molar-refractivity contribution in [1.82, 2.24) is 9.97 Å². The van der Waals surface area contributed by atoms with Crippen molar-refractivity contribution < 1.29 is 4.74 Å². The molecule has 5 heteroatoms. The lowest BCUT2D eigenvalue weighted by Gasteiger charge is -2.13. The Bertz CT molecular complexity index is 609. The average Bonchev–Trinajstić information content (AvgIpc) is 2.42. The van der Waals surface area contributed by atoms with E-state index in [1.165, 1.54) is 0 Å². The second kappa shape index (κ2) is 6.33. The highest BCUT2D eigenvalue weighted by molar-refractivity contribution is 9.10. The Morgan fingerprint density at radius 1 is 1.20 bits per heavy atom. The van der Waals surface area contributed by atoms with Crippen LogP contribution in [0.4, 0.5) is 5.82 Å². The third-order valence-corrected chi connectivity index (χ3v) is 3.98. The van der Waals surface area contributed by atoms with Crippen molar-refractivity contribution in [2.24, 2.45) is 0 Å². The van der Waals surface area contributed by atoms with Crippen molar-refractivity contribution in [3.63, 3.8) is 0 Å². The molecule has 0 aliphatic carbocycles.